The summed E-state index contributed by atoms with van der Waals surface area (Å²) in [7, 11) is 0. The van der Waals surface area contributed by atoms with Gasteiger partial charge in [-0.3, -0.25) is 4.79 Å². The third-order valence-electron chi connectivity index (χ3n) is 6.18. The minimum atomic E-state index is -5.00. The first kappa shape index (κ1) is 23.4. The van der Waals surface area contributed by atoms with Gasteiger partial charge in [0, 0.05) is 0 Å². The molecular formula is C24H24ClF3NO4+. The van der Waals surface area contributed by atoms with Crippen molar-refractivity contribution in [1.82, 2.24) is 0 Å². The van der Waals surface area contributed by atoms with Crippen molar-refractivity contribution in [2.45, 2.75) is 51.4 Å². The molecule has 4 rings (SSSR count). The molecule has 2 atom stereocenters. The number of rotatable bonds is 5. The number of quaternary nitrogens is 1. The van der Waals surface area contributed by atoms with Gasteiger partial charge in [0.15, 0.2) is 5.58 Å². The van der Waals surface area contributed by atoms with Crippen molar-refractivity contribution in [3.05, 3.63) is 63.0 Å². The number of alkyl halides is 3. The molecule has 9 heteroatoms. The summed E-state index contributed by atoms with van der Waals surface area (Å²) in [5.41, 5.74) is -1.06. The van der Waals surface area contributed by atoms with Gasteiger partial charge in [-0.2, -0.15) is 13.2 Å². The molecule has 1 aromatic heterocycles. The third kappa shape index (κ3) is 4.68. The van der Waals surface area contributed by atoms with Crippen LogP contribution >= 0.6 is 11.6 Å². The maximum atomic E-state index is 14.0. The van der Waals surface area contributed by atoms with E-state index in [4.69, 9.17) is 20.8 Å². The highest BCUT2D eigenvalue weighted by atomic mass is 35.5. The van der Waals surface area contributed by atoms with Gasteiger partial charge in [-0.15, -0.1) is 0 Å². The Morgan fingerprint density at radius 1 is 1.21 bits per heavy atom. The molecule has 5 nitrogen and oxygen atoms in total. The number of fused-ring (bicyclic) bond motifs is 1. The van der Waals surface area contributed by atoms with Crippen LogP contribution < -0.4 is 15.1 Å². The molecule has 3 aromatic rings. The van der Waals surface area contributed by atoms with Crippen molar-refractivity contribution in [2.24, 2.45) is 0 Å². The van der Waals surface area contributed by atoms with E-state index in [0.717, 1.165) is 37.1 Å². The number of para-hydroxylation sites is 1. The predicted molar refractivity (Wildman–Crippen MR) is 118 cm³/mol. The number of phenols is 1. The molecule has 2 N–H and O–H groups in total. The normalized spacial score (nSPS) is 19.1. The minimum Gasteiger partial charge on any atom is -0.507 e. The van der Waals surface area contributed by atoms with Crippen LogP contribution in [0.25, 0.3) is 11.0 Å². The van der Waals surface area contributed by atoms with E-state index in [1.165, 1.54) is 30.3 Å². The number of likely N-dealkylation sites (tertiary alicyclic amines) is 1. The molecule has 1 unspecified atom stereocenters. The molecule has 176 valence electrons. The van der Waals surface area contributed by atoms with Crippen LogP contribution in [0, 0.1) is 0 Å². The van der Waals surface area contributed by atoms with Crippen molar-refractivity contribution in [1.29, 1.82) is 0 Å². The summed E-state index contributed by atoms with van der Waals surface area (Å²) in [6, 6.07) is 8.80. The lowest BCUT2D eigenvalue weighted by atomic mass is 9.98. The molecule has 0 bridgehead atoms. The van der Waals surface area contributed by atoms with Gasteiger partial charge in [-0.05, 0) is 49.9 Å². The second-order valence-corrected chi connectivity index (χ2v) is 8.65. The minimum absolute atomic E-state index is 0.0517. The van der Waals surface area contributed by atoms with E-state index in [1.807, 2.05) is 0 Å². The summed E-state index contributed by atoms with van der Waals surface area (Å²) < 4.78 is 52.5. The molecule has 2 heterocycles. The van der Waals surface area contributed by atoms with Crippen LogP contribution in [0.5, 0.6) is 17.2 Å². The van der Waals surface area contributed by atoms with Gasteiger partial charge < -0.3 is 19.2 Å². The van der Waals surface area contributed by atoms with Crippen molar-refractivity contribution in [2.75, 3.05) is 6.54 Å². The van der Waals surface area contributed by atoms with Crippen LogP contribution in [0.3, 0.4) is 0 Å². The van der Waals surface area contributed by atoms with E-state index < -0.39 is 23.1 Å². The molecule has 1 aliphatic rings. The summed E-state index contributed by atoms with van der Waals surface area (Å²) >= 11 is 6.02. The smallest absolute Gasteiger partial charge is 0.453 e. The Kier molecular flexibility index (Phi) is 6.59. The number of hydrogen-bond acceptors (Lipinski definition) is 4. The number of aromatic hydroxyl groups is 1. The Labute approximate surface area is 193 Å². The Bertz CT molecular complexity index is 1220. The lowest BCUT2D eigenvalue weighted by Crippen LogP contribution is -3.15. The Hall–Kier alpha value is -2.71. The number of phenolic OH excluding ortho intramolecular Hbond substituents is 1. The Balaban J connectivity index is 1.88. The van der Waals surface area contributed by atoms with Gasteiger partial charge in [0.1, 0.15) is 18.0 Å². The molecule has 1 aliphatic heterocycles. The summed E-state index contributed by atoms with van der Waals surface area (Å²) in [5.74, 6) is -2.85. The Morgan fingerprint density at radius 2 is 1.97 bits per heavy atom. The Morgan fingerprint density at radius 3 is 2.67 bits per heavy atom. The molecular weight excluding hydrogens is 459 g/mol. The monoisotopic (exact) mass is 482 g/mol. The number of hydrogen-bond donors (Lipinski definition) is 2. The second-order valence-electron chi connectivity index (χ2n) is 8.25. The molecule has 2 aromatic carbocycles. The molecule has 0 spiro atoms. The van der Waals surface area contributed by atoms with Crippen LogP contribution in [-0.2, 0) is 12.7 Å². The summed E-state index contributed by atoms with van der Waals surface area (Å²) in [5, 5.41) is 10.5. The summed E-state index contributed by atoms with van der Waals surface area (Å²) in [4.78, 5) is 14.3. The van der Waals surface area contributed by atoms with E-state index in [-0.39, 0.29) is 39.6 Å². The average molecular weight is 483 g/mol. The third-order valence-corrected chi connectivity index (χ3v) is 6.49. The van der Waals surface area contributed by atoms with Gasteiger partial charge >= 0.3 is 6.18 Å². The predicted octanol–water partition coefficient (Wildman–Crippen LogP) is 5.31. The molecule has 1 saturated heterocycles. The van der Waals surface area contributed by atoms with Crippen LogP contribution in [0.4, 0.5) is 13.2 Å². The highest BCUT2D eigenvalue weighted by Gasteiger charge is 2.41. The number of ether oxygens (including phenoxy) is 1. The average Bonchev–Trinajstić information content (AvgIpc) is 2.78. The van der Waals surface area contributed by atoms with Crippen LogP contribution in [-0.4, -0.2) is 17.7 Å². The zero-order valence-corrected chi connectivity index (χ0v) is 18.7. The number of halogens is 4. The maximum absolute atomic E-state index is 14.0. The molecule has 1 fully saturated rings. The van der Waals surface area contributed by atoms with E-state index in [2.05, 4.69) is 6.92 Å². The van der Waals surface area contributed by atoms with Gasteiger partial charge in [-0.1, -0.05) is 30.7 Å². The lowest BCUT2D eigenvalue weighted by Gasteiger charge is -2.32. The van der Waals surface area contributed by atoms with E-state index >= 15 is 0 Å². The zero-order valence-electron chi connectivity index (χ0n) is 18.0. The standard InChI is InChI=1S/C24H23ClF3NO4/c1-2-14-7-5-6-12-29(14)13-16-18(30)11-10-15-20(31)22(23(24(26,27)28)33-21(15)16)32-19-9-4-3-8-17(19)25/h3-4,8-11,14,30H,2,5-7,12-13H2,1H3/p+1/t14-/m1/s1. The van der Waals surface area contributed by atoms with Gasteiger partial charge in [0.25, 0.3) is 5.76 Å². The second kappa shape index (κ2) is 9.27. The highest BCUT2D eigenvalue weighted by molar-refractivity contribution is 6.32. The number of piperidine rings is 1. The summed E-state index contributed by atoms with van der Waals surface area (Å²) in [6.07, 6.45) is -1.000. The van der Waals surface area contributed by atoms with Crippen molar-refractivity contribution in [3.8, 4) is 17.2 Å². The molecule has 0 aliphatic carbocycles. The van der Waals surface area contributed by atoms with Gasteiger partial charge in [0.2, 0.25) is 11.2 Å². The van der Waals surface area contributed by atoms with Crippen LogP contribution in [0.15, 0.2) is 45.6 Å². The van der Waals surface area contributed by atoms with E-state index in [1.54, 1.807) is 6.07 Å². The SMILES string of the molecule is CC[C@@H]1CCCC[NH+]1Cc1c(O)ccc2c(=O)c(Oc3ccccc3Cl)c(C(F)(F)F)oc12. The first-order valence-corrected chi connectivity index (χ1v) is 11.2. The van der Waals surface area contributed by atoms with E-state index in [0.29, 0.717) is 6.04 Å². The zero-order chi connectivity index (χ0) is 23.8. The molecule has 0 amide bonds. The first-order chi connectivity index (χ1) is 15.7. The molecule has 0 radical (unpaired) electrons. The summed E-state index contributed by atoms with van der Waals surface area (Å²) in [6.45, 7) is 3.16. The highest BCUT2D eigenvalue weighted by Crippen LogP contribution is 2.40. The fraction of sp³-hybridized carbons (Fsp3) is 0.375. The van der Waals surface area contributed by atoms with Gasteiger partial charge in [0.05, 0.1) is 28.6 Å². The number of benzene rings is 2. The van der Waals surface area contributed by atoms with Crippen LogP contribution in [0.2, 0.25) is 5.02 Å². The fourth-order valence-electron chi connectivity index (χ4n) is 4.48. The topological polar surface area (TPSA) is 64.1 Å². The quantitative estimate of drug-likeness (QED) is 0.517. The molecule has 33 heavy (non-hydrogen) atoms. The fourth-order valence-corrected chi connectivity index (χ4v) is 4.65. The lowest BCUT2D eigenvalue weighted by molar-refractivity contribution is -0.944. The number of nitrogens with one attached hydrogen (secondary N) is 1. The maximum Gasteiger partial charge on any atom is 0.453 e. The van der Waals surface area contributed by atoms with Gasteiger partial charge in [-0.25, -0.2) is 0 Å². The molecule has 0 saturated carbocycles. The van der Waals surface area contributed by atoms with Crippen molar-refractivity contribution in [3.63, 3.8) is 0 Å². The largest absolute Gasteiger partial charge is 0.507 e. The van der Waals surface area contributed by atoms with Crippen molar-refractivity contribution >= 4 is 22.6 Å². The first-order valence-electron chi connectivity index (χ1n) is 10.9. The van der Waals surface area contributed by atoms with E-state index in [9.17, 15) is 23.1 Å². The van der Waals surface area contributed by atoms with Crippen LogP contribution in [0.1, 0.15) is 43.9 Å². The van der Waals surface area contributed by atoms with Crippen molar-refractivity contribution < 1.29 is 32.3 Å².